The molecule has 0 saturated carbocycles. The van der Waals surface area contributed by atoms with Crippen LogP contribution in [-0.4, -0.2) is 99.7 Å². The Morgan fingerprint density at radius 3 is 1.62 bits per heavy atom. The van der Waals surface area contributed by atoms with Gasteiger partial charge in [0.15, 0.2) is 0 Å². The van der Waals surface area contributed by atoms with Gasteiger partial charge in [-0.1, -0.05) is 39.8 Å². The first kappa shape index (κ1) is 48.1. The van der Waals surface area contributed by atoms with Gasteiger partial charge in [0.1, 0.15) is 42.2 Å². The van der Waals surface area contributed by atoms with Gasteiger partial charge in [-0.25, -0.2) is 4.57 Å². The number of amides is 7. The third-order valence-corrected chi connectivity index (χ3v) is 8.19. The molecule has 1 aromatic carbocycles. The zero-order chi connectivity index (χ0) is 42.2. The highest BCUT2D eigenvalue weighted by Gasteiger charge is 2.32. The van der Waals surface area contributed by atoms with E-state index in [1.54, 1.807) is 0 Å². The molecule has 7 atom stereocenters. The molecule has 0 fully saturated rings. The lowest BCUT2D eigenvalue weighted by Crippen LogP contribution is -2.59. The molecule has 0 radical (unpaired) electrons. The van der Waals surface area contributed by atoms with E-state index in [9.17, 15) is 42.9 Å². The van der Waals surface area contributed by atoms with E-state index in [0.717, 1.165) is 0 Å². The first-order chi connectivity index (χ1) is 25.4. The highest BCUT2D eigenvalue weighted by atomic mass is 31.2. The summed E-state index contributed by atoms with van der Waals surface area (Å²) in [6.07, 6.45) is 0.107. The van der Waals surface area contributed by atoms with Crippen LogP contribution >= 0.6 is 7.82 Å². The number of phosphoric acid groups is 1. The molecule has 1 rings (SSSR count). The van der Waals surface area contributed by atoms with Crippen LogP contribution in [0.3, 0.4) is 0 Å². The van der Waals surface area contributed by atoms with Gasteiger partial charge in [0.25, 0.3) is 0 Å². The quantitative estimate of drug-likeness (QED) is 0.0431. The van der Waals surface area contributed by atoms with Crippen molar-refractivity contribution in [3.05, 3.63) is 29.8 Å². The van der Waals surface area contributed by atoms with Gasteiger partial charge in [-0.3, -0.25) is 43.3 Å². The number of aldehydes is 1. The molecule has 1 aromatic rings. The Morgan fingerprint density at radius 2 is 1.13 bits per heavy atom. The van der Waals surface area contributed by atoms with Gasteiger partial charge in [0.05, 0.1) is 18.5 Å². The first-order valence-electron chi connectivity index (χ1n) is 17.6. The number of carbonyl (C=O) groups excluding carboxylic acids is 8. The molecule has 0 heterocycles. The minimum atomic E-state index is -4.88. The molecule has 20 nitrogen and oxygen atoms in total. The fourth-order valence-corrected chi connectivity index (χ4v) is 5.38. The van der Waals surface area contributed by atoms with E-state index in [0.29, 0.717) is 11.8 Å². The third-order valence-electron chi connectivity index (χ3n) is 7.74. The second-order valence-corrected chi connectivity index (χ2v) is 15.2. The van der Waals surface area contributed by atoms with Crippen LogP contribution in [0.15, 0.2) is 24.3 Å². The Labute approximate surface area is 319 Å². The van der Waals surface area contributed by atoms with Crippen LogP contribution in [-0.2, 0) is 49.3 Å². The fraction of sp³-hybridized carbons (Fsp3) is 0.588. The van der Waals surface area contributed by atoms with Gasteiger partial charge in [0.2, 0.25) is 41.4 Å². The van der Waals surface area contributed by atoms with Crippen molar-refractivity contribution in [1.29, 1.82) is 0 Å². The van der Waals surface area contributed by atoms with Gasteiger partial charge in [-0.2, -0.15) is 0 Å². The molecular weight excluding hydrogens is 743 g/mol. The van der Waals surface area contributed by atoms with Crippen LogP contribution in [0.5, 0.6) is 5.75 Å². The maximum atomic E-state index is 13.6. The predicted molar refractivity (Wildman–Crippen MR) is 198 cm³/mol. The molecule has 12 N–H and O–H groups in total. The third kappa shape index (κ3) is 18.8. The topological polar surface area (TPSA) is 328 Å². The lowest BCUT2D eigenvalue weighted by Gasteiger charge is -2.26. The molecule has 0 aliphatic heterocycles. The van der Waals surface area contributed by atoms with Crippen molar-refractivity contribution in [1.82, 2.24) is 31.9 Å². The average molecular weight is 799 g/mol. The predicted octanol–water partition coefficient (Wildman–Crippen LogP) is -1.84. The number of hydrogen-bond donors (Lipinski definition) is 10. The fourth-order valence-electron chi connectivity index (χ4n) is 4.99. The SMILES string of the molecule is CC(C)C[C@H](NC(=O)[C@H](C)NC(=O)[C@H](C)NC(=O)[C@H](Cc1ccc(OP(=O)(O)O)cc1)NC(=O)[C@H](CC(N)=O)NC(=O)[C@@H](N)CC(C)C)C(=O)N[C@@H](C)C=O. The summed E-state index contributed by atoms with van der Waals surface area (Å²) in [6.45, 7) is 11.4. The summed E-state index contributed by atoms with van der Waals surface area (Å²) < 4.78 is 15.8. The second kappa shape index (κ2) is 22.5. The lowest BCUT2D eigenvalue weighted by atomic mass is 10.0. The molecule has 0 aliphatic rings. The number of benzene rings is 1. The van der Waals surface area contributed by atoms with Crippen molar-refractivity contribution in [3.8, 4) is 5.75 Å². The summed E-state index contributed by atoms with van der Waals surface area (Å²) in [5, 5.41) is 14.8. The minimum Gasteiger partial charge on any atom is -0.404 e. The van der Waals surface area contributed by atoms with E-state index in [1.165, 1.54) is 45.0 Å². The number of primary amides is 1. The largest absolute Gasteiger partial charge is 0.524 e. The molecule has 21 heteroatoms. The highest BCUT2D eigenvalue weighted by Crippen LogP contribution is 2.37. The molecule has 0 aliphatic carbocycles. The summed E-state index contributed by atoms with van der Waals surface area (Å²) in [6, 6.07) is -3.22. The zero-order valence-corrected chi connectivity index (χ0v) is 32.9. The number of hydrogen-bond acceptors (Lipinski definition) is 11. The number of carbonyl (C=O) groups is 8. The van der Waals surface area contributed by atoms with E-state index in [-0.39, 0.29) is 36.8 Å². The van der Waals surface area contributed by atoms with Gasteiger partial charge in [0, 0.05) is 6.42 Å². The van der Waals surface area contributed by atoms with E-state index in [1.807, 2.05) is 27.7 Å². The molecule has 7 amide bonds. The van der Waals surface area contributed by atoms with Crippen LogP contribution in [0.4, 0.5) is 0 Å². The normalized spacial score (nSPS) is 15.2. The summed E-state index contributed by atoms with van der Waals surface area (Å²) >= 11 is 0. The van der Waals surface area contributed by atoms with E-state index in [4.69, 9.17) is 21.3 Å². The van der Waals surface area contributed by atoms with Crippen molar-refractivity contribution in [3.63, 3.8) is 0 Å². The minimum absolute atomic E-state index is 0.0214. The lowest BCUT2D eigenvalue weighted by molar-refractivity contribution is -0.135. The van der Waals surface area contributed by atoms with Gasteiger partial charge in [-0.05, 0) is 63.1 Å². The highest BCUT2D eigenvalue weighted by molar-refractivity contribution is 7.46. The zero-order valence-electron chi connectivity index (χ0n) is 32.0. The molecule has 55 heavy (non-hydrogen) atoms. The Kier molecular flexibility index (Phi) is 19.6. The molecule has 308 valence electrons. The van der Waals surface area contributed by atoms with Crippen molar-refractivity contribution < 1.29 is 57.2 Å². The Bertz CT molecular complexity index is 1570. The number of nitrogens with one attached hydrogen (secondary N) is 6. The first-order valence-corrected chi connectivity index (χ1v) is 19.1. The van der Waals surface area contributed by atoms with Gasteiger partial charge in [-0.15, -0.1) is 0 Å². The van der Waals surface area contributed by atoms with Crippen molar-refractivity contribution in [2.75, 3.05) is 0 Å². The number of nitrogens with two attached hydrogens (primary N) is 2. The Balaban J connectivity index is 3.23. The standard InChI is InChI=1S/C34H55N8O12P/c1-17(2)12-24(35)31(47)41-27(15-28(36)44)34(50)42-26(14-22-8-10-23(11-9-22)54-55(51,52)53)33(49)39-20(6)29(45)38-21(7)30(46)40-25(13-18(3)4)32(48)37-19(5)16-43/h8-11,16-21,24-27H,12-15,35H2,1-7H3,(H2,36,44)(H,37,48)(H,38,45)(H,39,49)(H,40,46)(H,41,47)(H,42,50)(H2,51,52,53)/t19-,20-,21-,24-,25-,26-,27-/m0/s1. The van der Waals surface area contributed by atoms with Crippen molar-refractivity contribution >= 4 is 55.5 Å². The van der Waals surface area contributed by atoms with Crippen LogP contribution in [0.1, 0.15) is 73.3 Å². The molecule has 0 unspecified atom stereocenters. The summed E-state index contributed by atoms with van der Waals surface area (Å²) in [7, 11) is -4.88. The van der Waals surface area contributed by atoms with Crippen molar-refractivity contribution in [2.24, 2.45) is 23.3 Å². The maximum absolute atomic E-state index is 13.6. The number of rotatable bonds is 23. The monoisotopic (exact) mass is 798 g/mol. The molecule has 0 spiro atoms. The van der Waals surface area contributed by atoms with Crippen molar-refractivity contribution in [2.45, 2.75) is 116 Å². The molecule has 0 aromatic heterocycles. The van der Waals surface area contributed by atoms with Crippen LogP contribution in [0, 0.1) is 11.8 Å². The Morgan fingerprint density at radius 1 is 0.673 bits per heavy atom. The maximum Gasteiger partial charge on any atom is 0.524 e. The molecule has 0 saturated heterocycles. The summed E-state index contributed by atoms with van der Waals surface area (Å²) in [4.78, 5) is 120. The Hall–Kier alpha value is -4.91. The van der Waals surface area contributed by atoms with E-state index in [2.05, 4.69) is 36.4 Å². The van der Waals surface area contributed by atoms with Crippen LogP contribution in [0.2, 0.25) is 0 Å². The molecule has 0 bridgehead atoms. The van der Waals surface area contributed by atoms with E-state index >= 15 is 0 Å². The smallest absolute Gasteiger partial charge is 0.404 e. The second-order valence-electron chi connectivity index (χ2n) is 14.0. The van der Waals surface area contributed by atoms with E-state index < -0.39 is 97.9 Å². The van der Waals surface area contributed by atoms with Crippen LogP contribution < -0.4 is 47.9 Å². The summed E-state index contributed by atoms with van der Waals surface area (Å²) in [5.74, 6) is -5.92. The van der Waals surface area contributed by atoms with Gasteiger partial charge < -0.3 is 52.7 Å². The van der Waals surface area contributed by atoms with Gasteiger partial charge >= 0.3 is 7.82 Å². The molecular formula is C34H55N8O12P. The average Bonchev–Trinajstić information content (AvgIpc) is 3.06. The van der Waals surface area contributed by atoms with Crippen LogP contribution in [0.25, 0.3) is 0 Å². The number of phosphoric ester groups is 1. The summed E-state index contributed by atoms with van der Waals surface area (Å²) in [5.41, 5.74) is 11.6.